The lowest BCUT2D eigenvalue weighted by atomic mass is 10.1. The lowest BCUT2D eigenvalue weighted by Gasteiger charge is -2.11. The Balaban J connectivity index is 3.05. The van der Waals surface area contributed by atoms with E-state index in [1.165, 1.54) is 19.3 Å². The maximum absolute atomic E-state index is 5.30. The smallest absolute Gasteiger partial charge is 0.0468 e. The summed E-state index contributed by atoms with van der Waals surface area (Å²) in [5, 5.41) is 3.46. The molecule has 80 valence electrons. The van der Waals surface area contributed by atoms with Crippen LogP contribution in [-0.4, -0.2) is 26.3 Å². The van der Waals surface area contributed by atoms with Gasteiger partial charge in [0.25, 0.3) is 0 Å². The fourth-order valence-corrected chi connectivity index (χ4v) is 1.18. The van der Waals surface area contributed by atoms with E-state index in [-0.39, 0.29) is 0 Å². The van der Waals surface area contributed by atoms with Crippen LogP contribution in [0.1, 0.15) is 40.0 Å². The molecule has 0 aromatic rings. The summed E-state index contributed by atoms with van der Waals surface area (Å²) < 4.78 is 5.30. The molecule has 2 heteroatoms. The van der Waals surface area contributed by atoms with Crippen LogP contribution >= 0.6 is 0 Å². The Morgan fingerprint density at radius 2 is 2.08 bits per heavy atom. The molecule has 1 atom stereocenters. The van der Waals surface area contributed by atoms with Crippen LogP contribution in [-0.2, 0) is 4.74 Å². The fraction of sp³-hybridized carbons (Fsp3) is 1.00. The standard InChI is InChI=1S/C11H25NO/c1-4-6-8-12-10-11(3)7-9-13-5-2/h11-12H,4-10H2,1-3H3. The van der Waals surface area contributed by atoms with Gasteiger partial charge in [-0.25, -0.2) is 0 Å². The summed E-state index contributed by atoms with van der Waals surface area (Å²) in [5.41, 5.74) is 0. The molecule has 0 amide bonds. The largest absolute Gasteiger partial charge is 0.382 e. The zero-order valence-corrected chi connectivity index (χ0v) is 9.44. The van der Waals surface area contributed by atoms with E-state index in [9.17, 15) is 0 Å². The van der Waals surface area contributed by atoms with E-state index >= 15 is 0 Å². The summed E-state index contributed by atoms with van der Waals surface area (Å²) in [7, 11) is 0. The second-order valence-corrected chi connectivity index (χ2v) is 3.65. The van der Waals surface area contributed by atoms with E-state index in [0.717, 1.165) is 32.2 Å². The number of hydrogen-bond acceptors (Lipinski definition) is 2. The van der Waals surface area contributed by atoms with E-state index in [0.29, 0.717) is 0 Å². The van der Waals surface area contributed by atoms with Crippen molar-refractivity contribution in [3.63, 3.8) is 0 Å². The van der Waals surface area contributed by atoms with Gasteiger partial charge in [-0.3, -0.25) is 0 Å². The summed E-state index contributed by atoms with van der Waals surface area (Å²) >= 11 is 0. The summed E-state index contributed by atoms with van der Waals surface area (Å²) in [5.74, 6) is 0.739. The van der Waals surface area contributed by atoms with Crippen LogP contribution in [0.5, 0.6) is 0 Å². The monoisotopic (exact) mass is 187 g/mol. The molecule has 0 radical (unpaired) electrons. The number of unbranched alkanes of at least 4 members (excludes halogenated alkanes) is 1. The molecule has 1 N–H and O–H groups in total. The van der Waals surface area contributed by atoms with Gasteiger partial charge in [-0.2, -0.15) is 0 Å². The average molecular weight is 187 g/mol. The highest BCUT2D eigenvalue weighted by molar-refractivity contribution is 4.56. The molecule has 0 fully saturated rings. The van der Waals surface area contributed by atoms with Crippen molar-refractivity contribution in [3.05, 3.63) is 0 Å². The summed E-state index contributed by atoms with van der Waals surface area (Å²) in [6, 6.07) is 0. The number of rotatable bonds is 9. The van der Waals surface area contributed by atoms with Gasteiger partial charge < -0.3 is 10.1 Å². The molecule has 0 aliphatic rings. The maximum atomic E-state index is 5.30. The Morgan fingerprint density at radius 1 is 1.31 bits per heavy atom. The minimum absolute atomic E-state index is 0.739. The van der Waals surface area contributed by atoms with Crippen LogP contribution in [0.4, 0.5) is 0 Å². The topological polar surface area (TPSA) is 21.3 Å². The van der Waals surface area contributed by atoms with E-state index in [1.807, 2.05) is 6.92 Å². The van der Waals surface area contributed by atoms with Gasteiger partial charge in [0.2, 0.25) is 0 Å². The maximum Gasteiger partial charge on any atom is 0.0468 e. The van der Waals surface area contributed by atoms with Crippen LogP contribution < -0.4 is 5.32 Å². The molecule has 0 aromatic heterocycles. The molecule has 0 aliphatic heterocycles. The molecule has 0 bridgehead atoms. The van der Waals surface area contributed by atoms with Crippen molar-refractivity contribution >= 4 is 0 Å². The van der Waals surface area contributed by atoms with Crippen molar-refractivity contribution < 1.29 is 4.74 Å². The summed E-state index contributed by atoms with van der Waals surface area (Å²) in [6.07, 6.45) is 3.74. The highest BCUT2D eigenvalue weighted by Crippen LogP contribution is 2.00. The van der Waals surface area contributed by atoms with E-state index in [4.69, 9.17) is 4.74 Å². The van der Waals surface area contributed by atoms with Gasteiger partial charge >= 0.3 is 0 Å². The van der Waals surface area contributed by atoms with Crippen molar-refractivity contribution in [2.24, 2.45) is 5.92 Å². The molecule has 13 heavy (non-hydrogen) atoms. The van der Waals surface area contributed by atoms with Crippen LogP contribution in [0.3, 0.4) is 0 Å². The molecule has 0 aromatic carbocycles. The van der Waals surface area contributed by atoms with Crippen molar-refractivity contribution in [2.75, 3.05) is 26.3 Å². The third-order valence-corrected chi connectivity index (χ3v) is 2.16. The summed E-state index contributed by atoms with van der Waals surface area (Å²) in [4.78, 5) is 0. The zero-order chi connectivity index (χ0) is 9.94. The minimum atomic E-state index is 0.739. The van der Waals surface area contributed by atoms with Gasteiger partial charge in [-0.1, -0.05) is 20.3 Å². The number of hydrogen-bond donors (Lipinski definition) is 1. The van der Waals surface area contributed by atoms with Gasteiger partial charge in [-0.05, 0) is 38.8 Å². The van der Waals surface area contributed by atoms with Crippen LogP contribution in [0, 0.1) is 5.92 Å². The van der Waals surface area contributed by atoms with Crippen LogP contribution in [0.15, 0.2) is 0 Å². The normalized spacial score (nSPS) is 13.2. The highest BCUT2D eigenvalue weighted by Gasteiger charge is 2.00. The third kappa shape index (κ3) is 9.84. The van der Waals surface area contributed by atoms with Gasteiger partial charge in [-0.15, -0.1) is 0 Å². The summed E-state index contributed by atoms with van der Waals surface area (Å²) in [6.45, 7) is 10.6. The quantitative estimate of drug-likeness (QED) is 0.560. The molecule has 0 saturated heterocycles. The Kier molecular flexibility index (Phi) is 9.94. The number of nitrogens with one attached hydrogen (secondary N) is 1. The molecule has 0 saturated carbocycles. The van der Waals surface area contributed by atoms with E-state index in [1.54, 1.807) is 0 Å². The first-order chi connectivity index (χ1) is 6.31. The van der Waals surface area contributed by atoms with Crippen LogP contribution in [0.25, 0.3) is 0 Å². The molecular weight excluding hydrogens is 162 g/mol. The molecule has 0 aliphatic carbocycles. The van der Waals surface area contributed by atoms with Crippen molar-refractivity contribution in [1.29, 1.82) is 0 Å². The van der Waals surface area contributed by atoms with Gasteiger partial charge in [0.05, 0.1) is 0 Å². The first-order valence-electron chi connectivity index (χ1n) is 5.59. The predicted molar refractivity (Wildman–Crippen MR) is 58.1 cm³/mol. The number of ether oxygens (including phenoxy) is 1. The highest BCUT2D eigenvalue weighted by atomic mass is 16.5. The SMILES string of the molecule is CCCCNCC(C)CCOCC. The zero-order valence-electron chi connectivity index (χ0n) is 9.44. The lowest BCUT2D eigenvalue weighted by molar-refractivity contribution is 0.134. The van der Waals surface area contributed by atoms with Crippen LogP contribution in [0.2, 0.25) is 0 Å². The van der Waals surface area contributed by atoms with Crippen molar-refractivity contribution in [3.8, 4) is 0 Å². The lowest BCUT2D eigenvalue weighted by Crippen LogP contribution is -2.23. The Morgan fingerprint density at radius 3 is 2.69 bits per heavy atom. The Labute approximate surface area is 83.1 Å². The minimum Gasteiger partial charge on any atom is -0.382 e. The molecular formula is C11H25NO. The van der Waals surface area contributed by atoms with Gasteiger partial charge in [0.1, 0.15) is 0 Å². The molecule has 0 heterocycles. The Hall–Kier alpha value is -0.0800. The van der Waals surface area contributed by atoms with E-state index < -0.39 is 0 Å². The molecule has 1 unspecified atom stereocenters. The Bertz CT molecular complexity index is 96.1. The molecule has 2 nitrogen and oxygen atoms in total. The van der Waals surface area contributed by atoms with Gasteiger partial charge in [0.15, 0.2) is 0 Å². The molecule has 0 rings (SSSR count). The predicted octanol–water partition coefficient (Wildman–Crippen LogP) is 2.44. The fourth-order valence-electron chi connectivity index (χ4n) is 1.18. The second-order valence-electron chi connectivity index (χ2n) is 3.65. The average Bonchev–Trinajstić information content (AvgIpc) is 2.13. The van der Waals surface area contributed by atoms with Crippen molar-refractivity contribution in [2.45, 2.75) is 40.0 Å². The van der Waals surface area contributed by atoms with Crippen molar-refractivity contribution in [1.82, 2.24) is 5.32 Å². The third-order valence-electron chi connectivity index (χ3n) is 2.16. The molecule has 0 spiro atoms. The van der Waals surface area contributed by atoms with E-state index in [2.05, 4.69) is 19.2 Å². The first kappa shape index (κ1) is 12.9. The second kappa shape index (κ2) is 10.0. The van der Waals surface area contributed by atoms with Gasteiger partial charge in [0, 0.05) is 13.2 Å². The first-order valence-corrected chi connectivity index (χ1v) is 5.59.